The average Bonchev–Trinajstić information content (AvgIpc) is 2.91. The number of carbonyl (C=O) groups excluding carboxylic acids is 3. The smallest absolute Gasteiger partial charge is 0.326 e. The molecule has 0 bridgehead atoms. The van der Waals surface area contributed by atoms with Crippen molar-refractivity contribution >= 4 is 29.4 Å². The molecule has 2 aliphatic heterocycles. The van der Waals surface area contributed by atoms with Gasteiger partial charge < -0.3 is 14.2 Å². The second-order valence-electron chi connectivity index (χ2n) is 6.07. The Morgan fingerprint density at radius 1 is 1.15 bits per heavy atom. The summed E-state index contributed by atoms with van der Waals surface area (Å²) >= 11 is 6.08. The fraction of sp³-hybridized carbons (Fsp3) is 0.211. The number of amides is 2. The van der Waals surface area contributed by atoms with E-state index in [0.717, 1.165) is 10.5 Å². The number of benzene rings is 2. The van der Waals surface area contributed by atoms with Crippen LogP contribution in [0.3, 0.4) is 0 Å². The minimum atomic E-state index is -0.703. The molecule has 0 aromatic heterocycles. The number of rotatable bonds is 4. The SMILES string of the molecule is O=C(CN1C(=O)c2ccccc2C1=O)OCc1cc(Cl)cc2c1OCOC2. The van der Waals surface area contributed by atoms with E-state index in [-0.39, 0.29) is 24.5 Å². The molecule has 2 aliphatic rings. The van der Waals surface area contributed by atoms with Gasteiger partial charge in [-0.15, -0.1) is 0 Å². The molecule has 0 saturated carbocycles. The van der Waals surface area contributed by atoms with Crippen molar-refractivity contribution in [2.24, 2.45) is 0 Å². The number of halogens is 1. The van der Waals surface area contributed by atoms with Gasteiger partial charge >= 0.3 is 5.97 Å². The van der Waals surface area contributed by atoms with Crippen LogP contribution in [0.2, 0.25) is 5.02 Å². The highest BCUT2D eigenvalue weighted by atomic mass is 35.5. The van der Waals surface area contributed by atoms with Gasteiger partial charge in [-0.25, -0.2) is 0 Å². The van der Waals surface area contributed by atoms with Gasteiger partial charge in [-0.2, -0.15) is 0 Å². The number of nitrogens with zero attached hydrogens (tertiary/aromatic N) is 1. The minimum Gasteiger partial charge on any atom is -0.467 e. The number of imide groups is 1. The molecule has 0 spiro atoms. The monoisotopic (exact) mass is 387 g/mol. The van der Waals surface area contributed by atoms with E-state index in [2.05, 4.69) is 0 Å². The van der Waals surface area contributed by atoms with Crippen molar-refractivity contribution < 1.29 is 28.6 Å². The third kappa shape index (κ3) is 3.27. The molecule has 2 heterocycles. The van der Waals surface area contributed by atoms with Crippen LogP contribution in [0.1, 0.15) is 31.8 Å². The molecule has 0 radical (unpaired) electrons. The highest BCUT2D eigenvalue weighted by Gasteiger charge is 2.36. The van der Waals surface area contributed by atoms with E-state index < -0.39 is 24.3 Å². The number of hydrogen-bond donors (Lipinski definition) is 0. The number of fused-ring (bicyclic) bond motifs is 2. The summed E-state index contributed by atoms with van der Waals surface area (Å²) < 4.78 is 15.9. The molecule has 27 heavy (non-hydrogen) atoms. The van der Waals surface area contributed by atoms with E-state index in [1.807, 2.05) is 0 Å². The van der Waals surface area contributed by atoms with Gasteiger partial charge in [-0.3, -0.25) is 19.3 Å². The summed E-state index contributed by atoms with van der Waals surface area (Å²) in [6.45, 7) is -0.0968. The van der Waals surface area contributed by atoms with Crippen molar-refractivity contribution in [2.75, 3.05) is 13.3 Å². The summed E-state index contributed by atoms with van der Waals surface area (Å²) in [6, 6.07) is 9.80. The van der Waals surface area contributed by atoms with E-state index in [1.165, 1.54) is 0 Å². The zero-order chi connectivity index (χ0) is 19.0. The molecule has 0 fully saturated rings. The zero-order valence-corrected chi connectivity index (χ0v) is 14.8. The van der Waals surface area contributed by atoms with Gasteiger partial charge in [0.1, 0.15) is 18.9 Å². The van der Waals surface area contributed by atoms with Crippen LogP contribution in [0.4, 0.5) is 0 Å². The topological polar surface area (TPSA) is 82.1 Å². The molecule has 2 amide bonds. The molecule has 8 heteroatoms. The van der Waals surface area contributed by atoms with Crippen molar-refractivity contribution in [1.82, 2.24) is 4.90 Å². The Kier molecular flexibility index (Phi) is 4.55. The third-order valence-corrected chi connectivity index (χ3v) is 4.52. The van der Waals surface area contributed by atoms with Gasteiger partial charge in [-0.05, 0) is 24.3 Å². The summed E-state index contributed by atoms with van der Waals surface area (Å²) in [5.41, 5.74) is 1.93. The van der Waals surface area contributed by atoms with E-state index in [4.69, 9.17) is 25.8 Å². The summed E-state index contributed by atoms with van der Waals surface area (Å²) in [4.78, 5) is 37.7. The molecular formula is C19H14ClNO6. The van der Waals surface area contributed by atoms with Crippen molar-refractivity contribution in [3.05, 3.63) is 63.7 Å². The number of ether oxygens (including phenoxy) is 3. The Hall–Kier alpha value is -2.90. The van der Waals surface area contributed by atoms with Crippen LogP contribution >= 0.6 is 11.6 Å². The zero-order valence-electron chi connectivity index (χ0n) is 14.1. The van der Waals surface area contributed by atoms with Gasteiger partial charge in [0.2, 0.25) is 0 Å². The lowest BCUT2D eigenvalue weighted by atomic mass is 10.1. The average molecular weight is 388 g/mol. The number of hydrogen-bond acceptors (Lipinski definition) is 6. The first kappa shape index (κ1) is 17.5. The lowest BCUT2D eigenvalue weighted by molar-refractivity contribution is -0.145. The fourth-order valence-corrected chi connectivity index (χ4v) is 3.34. The predicted octanol–water partition coefficient (Wildman–Crippen LogP) is 2.55. The van der Waals surface area contributed by atoms with Crippen LogP contribution in [0.15, 0.2) is 36.4 Å². The summed E-state index contributed by atoms with van der Waals surface area (Å²) in [6.07, 6.45) is 0. The Morgan fingerprint density at radius 2 is 1.85 bits per heavy atom. The molecule has 0 unspecified atom stereocenters. The highest BCUT2D eigenvalue weighted by molar-refractivity contribution is 6.30. The van der Waals surface area contributed by atoms with Crippen molar-refractivity contribution in [3.8, 4) is 5.75 Å². The Labute approximate surface area is 159 Å². The van der Waals surface area contributed by atoms with Crippen molar-refractivity contribution in [3.63, 3.8) is 0 Å². The molecule has 0 N–H and O–H groups in total. The fourth-order valence-electron chi connectivity index (χ4n) is 3.08. The molecule has 138 valence electrons. The Bertz CT molecular complexity index is 922. The van der Waals surface area contributed by atoms with E-state index >= 15 is 0 Å². The maximum Gasteiger partial charge on any atom is 0.326 e. The van der Waals surface area contributed by atoms with Crippen LogP contribution < -0.4 is 4.74 Å². The first-order valence-corrected chi connectivity index (χ1v) is 8.55. The maximum absolute atomic E-state index is 12.3. The van der Waals surface area contributed by atoms with Gasteiger partial charge in [-0.1, -0.05) is 23.7 Å². The second kappa shape index (κ2) is 7.02. The first-order valence-electron chi connectivity index (χ1n) is 8.17. The van der Waals surface area contributed by atoms with Crippen LogP contribution in [-0.2, 0) is 27.5 Å². The largest absolute Gasteiger partial charge is 0.467 e. The quantitative estimate of drug-likeness (QED) is 0.592. The van der Waals surface area contributed by atoms with Crippen LogP contribution in [-0.4, -0.2) is 36.0 Å². The Morgan fingerprint density at radius 3 is 2.56 bits per heavy atom. The second-order valence-corrected chi connectivity index (χ2v) is 6.50. The molecule has 0 aliphatic carbocycles. The summed E-state index contributed by atoms with van der Waals surface area (Å²) in [5, 5.41) is 0.467. The normalized spacial score (nSPS) is 15.2. The molecule has 4 rings (SSSR count). The predicted molar refractivity (Wildman–Crippen MR) is 93.3 cm³/mol. The van der Waals surface area contributed by atoms with Gasteiger partial charge in [0.15, 0.2) is 6.79 Å². The number of carbonyl (C=O) groups is 3. The van der Waals surface area contributed by atoms with Gasteiger partial charge in [0.25, 0.3) is 11.8 Å². The molecule has 2 aromatic rings. The molecule has 0 saturated heterocycles. The first-order chi connectivity index (χ1) is 13.0. The van der Waals surface area contributed by atoms with E-state index in [1.54, 1.807) is 36.4 Å². The highest BCUT2D eigenvalue weighted by Crippen LogP contribution is 2.32. The molecular weight excluding hydrogens is 374 g/mol. The third-order valence-electron chi connectivity index (χ3n) is 4.31. The minimum absolute atomic E-state index is 0.0924. The summed E-state index contributed by atoms with van der Waals surface area (Å²) in [5.74, 6) is -1.15. The van der Waals surface area contributed by atoms with E-state index in [9.17, 15) is 14.4 Å². The number of esters is 1. The van der Waals surface area contributed by atoms with Crippen LogP contribution in [0.25, 0.3) is 0 Å². The van der Waals surface area contributed by atoms with Crippen LogP contribution in [0.5, 0.6) is 5.75 Å². The Balaban J connectivity index is 1.44. The molecule has 7 nitrogen and oxygen atoms in total. The maximum atomic E-state index is 12.3. The lowest BCUT2D eigenvalue weighted by Gasteiger charge is -2.21. The van der Waals surface area contributed by atoms with Crippen molar-refractivity contribution in [1.29, 1.82) is 0 Å². The molecule has 0 atom stereocenters. The lowest BCUT2D eigenvalue weighted by Crippen LogP contribution is -2.35. The van der Waals surface area contributed by atoms with Crippen LogP contribution in [0, 0.1) is 0 Å². The van der Waals surface area contributed by atoms with Crippen molar-refractivity contribution in [2.45, 2.75) is 13.2 Å². The van der Waals surface area contributed by atoms with Gasteiger partial charge in [0.05, 0.1) is 17.7 Å². The standard InChI is InChI=1S/C19H14ClNO6/c20-13-5-11-8-25-10-27-17(11)12(6-13)9-26-16(22)7-21-18(23)14-3-1-2-4-15(14)19(21)24/h1-6H,7-10H2. The van der Waals surface area contributed by atoms with Gasteiger partial charge in [0, 0.05) is 16.1 Å². The summed E-state index contributed by atoms with van der Waals surface area (Å²) in [7, 11) is 0. The van der Waals surface area contributed by atoms with E-state index in [0.29, 0.717) is 22.9 Å². The molecule has 2 aromatic carbocycles.